The molecule has 2 aromatic carbocycles. The molecular weight excluding hydrogens is 377 g/mol. The van der Waals surface area contributed by atoms with Crippen LogP contribution in [0.1, 0.15) is 5.56 Å². The van der Waals surface area contributed by atoms with E-state index in [1.54, 1.807) is 16.7 Å². The summed E-state index contributed by atoms with van der Waals surface area (Å²) >= 11 is 0. The molecule has 2 aromatic heterocycles. The van der Waals surface area contributed by atoms with E-state index in [1.807, 2.05) is 30.3 Å². The lowest BCUT2D eigenvalue weighted by Crippen LogP contribution is -2.04. The summed E-state index contributed by atoms with van der Waals surface area (Å²) in [5.41, 5.74) is 8.14. The fourth-order valence-corrected chi connectivity index (χ4v) is 2.88. The Balaban J connectivity index is 0.00000210. The molecule has 138 valence electrons. The number of benzene rings is 2. The van der Waals surface area contributed by atoms with Crippen LogP contribution in [0.2, 0.25) is 0 Å². The monoisotopic (exact) mass is 390 g/mol. The second-order valence-corrected chi connectivity index (χ2v) is 5.78. The lowest BCUT2D eigenvalue weighted by Gasteiger charge is -2.12. The first-order valence-electron chi connectivity index (χ1n) is 7.80. The van der Waals surface area contributed by atoms with Gasteiger partial charge in [0.25, 0.3) is 0 Å². The standard InChI is InChI=1S/C19H13F3N4.ClH/c20-19(21,22)12-8-9-17-15(10-12)24-11-26(17)16-6-2-1-4-13(16)14-5-3-7-18(23)25-14;/h1-11H,(H2,23,25);1H. The molecule has 0 spiro atoms. The quantitative estimate of drug-likeness (QED) is 0.517. The van der Waals surface area contributed by atoms with Gasteiger partial charge in [0.1, 0.15) is 12.1 Å². The van der Waals surface area contributed by atoms with Gasteiger partial charge in [0.2, 0.25) is 0 Å². The molecule has 2 N–H and O–H groups in total. The van der Waals surface area contributed by atoms with Gasteiger partial charge in [0.15, 0.2) is 0 Å². The van der Waals surface area contributed by atoms with Crippen molar-refractivity contribution in [3.63, 3.8) is 0 Å². The second kappa shape index (κ2) is 6.92. The first kappa shape index (κ1) is 18.7. The van der Waals surface area contributed by atoms with E-state index in [0.717, 1.165) is 23.4 Å². The molecule has 0 aliphatic heterocycles. The van der Waals surface area contributed by atoms with Crippen LogP contribution in [0.15, 0.2) is 67.0 Å². The van der Waals surface area contributed by atoms with Crippen molar-refractivity contribution in [2.24, 2.45) is 0 Å². The Hall–Kier alpha value is -3.06. The number of fused-ring (bicyclic) bond motifs is 1. The lowest BCUT2D eigenvalue weighted by atomic mass is 10.1. The van der Waals surface area contributed by atoms with E-state index in [9.17, 15) is 13.2 Å². The van der Waals surface area contributed by atoms with Crippen molar-refractivity contribution in [1.82, 2.24) is 14.5 Å². The van der Waals surface area contributed by atoms with Crippen LogP contribution in [0.3, 0.4) is 0 Å². The van der Waals surface area contributed by atoms with Gasteiger partial charge in [-0.2, -0.15) is 13.2 Å². The van der Waals surface area contributed by atoms with Gasteiger partial charge in [-0.3, -0.25) is 4.57 Å². The van der Waals surface area contributed by atoms with Crippen molar-refractivity contribution in [3.8, 4) is 16.9 Å². The number of hydrogen-bond donors (Lipinski definition) is 1. The number of pyridine rings is 1. The first-order chi connectivity index (χ1) is 12.4. The summed E-state index contributed by atoms with van der Waals surface area (Å²) in [5, 5.41) is 0. The van der Waals surface area contributed by atoms with E-state index in [4.69, 9.17) is 5.73 Å². The highest BCUT2D eigenvalue weighted by molar-refractivity contribution is 5.85. The third kappa shape index (κ3) is 3.46. The minimum Gasteiger partial charge on any atom is -0.384 e. The highest BCUT2D eigenvalue weighted by Gasteiger charge is 2.30. The smallest absolute Gasteiger partial charge is 0.384 e. The summed E-state index contributed by atoms with van der Waals surface area (Å²) in [5.74, 6) is 0.391. The molecule has 0 aliphatic carbocycles. The van der Waals surface area contributed by atoms with Gasteiger partial charge in [-0.05, 0) is 36.4 Å². The number of anilines is 1. The predicted octanol–water partition coefficient (Wildman–Crippen LogP) is 5.11. The number of rotatable bonds is 2. The van der Waals surface area contributed by atoms with E-state index in [2.05, 4.69) is 9.97 Å². The lowest BCUT2D eigenvalue weighted by molar-refractivity contribution is -0.137. The number of nitrogen functional groups attached to an aromatic ring is 1. The number of imidazole rings is 1. The van der Waals surface area contributed by atoms with Crippen LogP contribution in [-0.2, 0) is 6.18 Å². The Kier molecular flexibility index (Phi) is 4.80. The Bertz CT molecular complexity index is 1110. The average Bonchev–Trinajstić information content (AvgIpc) is 3.04. The minimum atomic E-state index is -4.40. The number of alkyl halides is 3. The molecule has 27 heavy (non-hydrogen) atoms. The Morgan fingerprint density at radius 3 is 2.44 bits per heavy atom. The van der Waals surface area contributed by atoms with Crippen molar-refractivity contribution >= 4 is 29.3 Å². The second-order valence-electron chi connectivity index (χ2n) is 5.78. The third-order valence-electron chi connectivity index (χ3n) is 4.08. The number of aromatic nitrogens is 3. The number of hydrogen-bond acceptors (Lipinski definition) is 3. The van der Waals surface area contributed by atoms with Crippen molar-refractivity contribution in [1.29, 1.82) is 0 Å². The predicted molar refractivity (Wildman–Crippen MR) is 101 cm³/mol. The Morgan fingerprint density at radius 1 is 0.926 bits per heavy atom. The van der Waals surface area contributed by atoms with Crippen LogP contribution in [0, 0.1) is 0 Å². The van der Waals surface area contributed by atoms with Crippen molar-refractivity contribution in [3.05, 3.63) is 72.6 Å². The van der Waals surface area contributed by atoms with E-state index in [1.165, 1.54) is 12.4 Å². The summed E-state index contributed by atoms with van der Waals surface area (Å²) in [6, 6.07) is 16.3. The maximum Gasteiger partial charge on any atom is 0.416 e. The molecule has 2 heterocycles. The number of para-hydroxylation sites is 1. The molecule has 4 nitrogen and oxygen atoms in total. The highest BCUT2D eigenvalue weighted by Crippen LogP contribution is 2.33. The summed E-state index contributed by atoms with van der Waals surface area (Å²) < 4.78 is 40.5. The van der Waals surface area contributed by atoms with Crippen LogP contribution >= 0.6 is 12.4 Å². The van der Waals surface area contributed by atoms with E-state index in [-0.39, 0.29) is 17.9 Å². The fourth-order valence-electron chi connectivity index (χ4n) is 2.88. The maximum atomic E-state index is 12.9. The van der Waals surface area contributed by atoms with Crippen molar-refractivity contribution in [2.45, 2.75) is 6.18 Å². The molecule has 0 atom stereocenters. The normalized spacial score (nSPS) is 11.4. The molecule has 0 unspecified atom stereocenters. The zero-order valence-electron chi connectivity index (χ0n) is 13.8. The molecule has 0 saturated carbocycles. The summed E-state index contributed by atoms with van der Waals surface area (Å²) in [7, 11) is 0. The minimum absolute atomic E-state index is 0. The van der Waals surface area contributed by atoms with Crippen molar-refractivity contribution < 1.29 is 13.2 Å². The van der Waals surface area contributed by atoms with Crippen LogP contribution in [0.5, 0.6) is 0 Å². The number of nitrogens with zero attached hydrogens (tertiary/aromatic N) is 3. The Labute approximate surface area is 158 Å². The van der Waals surface area contributed by atoms with Gasteiger partial charge in [-0.15, -0.1) is 12.4 Å². The van der Waals surface area contributed by atoms with Crippen LogP contribution in [-0.4, -0.2) is 14.5 Å². The topological polar surface area (TPSA) is 56.7 Å². The van der Waals surface area contributed by atoms with Crippen molar-refractivity contribution in [2.75, 3.05) is 5.73 Å². The molecule has 0 amide bonds. The van der Waals surface area contributed by atoms with Gasteiger partial charge < -0.3 is 5.73 Å². The summed E-state index contributed by atoms with van der Waals surface area (Å²) in [4.78, 5) is 8.48. The summed E-state index contributed by atoms with van der Waals surface area (Å²) in [6.07, 6.45) is -2.89. The highest BCUT2D eigenvalue weighted by atomic mass is 35.5. The largest absolute Gasteiger partial charge is 0.416 e. The molecule has 0 radical (unpaired) electrons. The fraction of sp³-hybridized carbons (Fsp3) is 0.0526. The number of halogens is 4. The maximum absolute atomic E-state index is 12.9. The van der Waals surface area contributed by atoms with Crippen LogP contribution < -0.4 is 5.73 Å². The molecule has 4 rings (SSSR count). The molecule has 0 aliphatic rings. The first-order valence-corrected chi connectivity index (χ1v) is 7.80. The van der Waals surface area contributed by atoms with E-state index >= 15 is 0 Å². The van der Waals surface area contributed by atoms with Crippen LogP contribution in [0.25, 0.3) is 28.0 Å². The molecule has 0 bridgehead atoms. The van der Waals surface area contributed by atoms with Gasteiger partial charge in [0.05, 0.1) is 28.0 Å². The number of nitrogens with two attached hydrogens (primary N) is 1. The van der Waals surface area contributed by atoms with Gasteiger partial charge in [-0.25, -0.2) is 9.97 Å². The van der Waals surface area contributed by atoms with Gasteiger partial charge in [-0.1, -0.05) is 24.3 Å². The molecule has 4 aromatic rings. The summed E-state index contributed by atoms with van der Waals surface area (Å²) in [6.45, 7) is 0. The molecule has 8 heteroatoms. The molecular formula is C19H14ClF3N4. The zero-order valence-corrected chi connectivity index (χ0v) is 14.6. The Morgan fingerprint density at radius 2 is 1.70 bits per heavy atom. The zero-order chi connectivity index (χ0) is 18.3. The third-order valence-corrected chi connectivity index (χ3v) is 4.08. The van der Waals surface area contributed by atoms with Crippen LogP contribution in [0.4, 0.5) is 19.0 Å². The van der Waals surface area contributed by atoms with Gasteiger partial charge >= 0.3 is 6.18 Å². The van der Waals surface area contributed by atoms with Gasteiger partial charge in [0, 0.05) is 5.56 Å². The molecule has 0 fully saturated rings. The van der Waals surface area contributed by atoms with E-state index in [0.29, 0.717) is 17.0 Å². The average molecular weight is 391 g/mol. The SMILES string of the molecule is Cl.Nc1cccc(-c2ccccc2-n2cnc3cc(C(F)(F)F)ccc32)n1. The van der Waals surface area contributed by atoms with E-state index < -0.39 is 11.7 Å². The molecule has 0 saturated heterocycles.